The van der Waals surface area contributed by atoms with Crippen LogP contribution in [-0.2, 0) is 4.79 Å². The molecule has 2 aromatic carbocycles. The Labute approximate surface area is 139 Å². The minimum atomic E-state index is -0.794. The number of anilines is 1. The highest BCUT2D eigenvalue weighted by Gasteiger charge is 2.25. The Kier molecular flexibility index (Phi) is 4.34. The van der Waals surface area contributed by atoms with E-state index in [0.29, 0.717) is 5.11 Å². The van der Waals surface area contributed by atoms with Gasteiger partial charge in [-0.25, -0.2) is 4.99 Å². The molecule has 5 nitrogen and oxygen atoms in total. The molecule has 3 N–H and O–H groups in total. The lowest BCUT2D eigenvalue weighted by Crippen LogP contribution is -2.45. The number of aliphatic imine (C=N–C) groups is 1. The molecule has 0 fully saturated rings. The highest BCUT2D eigenvalue weighted by Crippen LogP contribution is 2.23. The molecule has 2 aromatic rings. The van der Waals surface area contributed by atoms with Crippen LogP contribution in [0.5, 0.6) is 0 Å². The molecule has 0 radical (unpaired) electrons. The molecule has 1 atom stereocenters. The zero-order chi connectivity index (χ0) is 16.2. The summed E-state index contributed by atoms with van der Waals surface area (Å²) in [6, 6.07) is 17.4. The summed E-state index contributed by atoms with van der Waals surface area (Å²) < 4.78 is 0. The third-order valence-corrected chi connectivity index (χ3v) is 3.81. The number of amides is 1. The number of nitrogens with one attached hydrogen (secondary N) is 3. The average Bonchev–Trinajstić information content (AvgIpc) is 2.72. The monoisotopic (exact) mass is 324 g/mol. The van der Waals surface area contributed by atoms with Gasteiger partial charge in [-0.3, -0.25) is 4.79 Å². The summed E-state index contributed by atoms with van der Waals surface area (Å²) in [5.41, 5.74) is 3.31. The van der Waals surface area contributed by atoms with Crippen LogP contribution in [-0.4, -0.2) is 29.9 Å². The maximum Gasteiger partial charge on any atom is 0.269 e. The molecule has 0 aromatic heterocycles. The minimum Gasteiger partial charge on any atom is -0.366 e. The van der Waals surface area contributed by atoms with Crippen LogP contribution in [0.15, 0.2) is 59.6 Å². The molecule has 1 amide bonds. The van der Waals surface area contributed by atoms with Gasteiger partial charge in [0.05, 0.1) is 11.4 Å². The molecule has 116 valence electrons. The third-order valence-electron chi connectivity index (χ3n) is 3.49. The minimum absolute atomic E-state index is 0.249. The van der Waals surface area contributed by atoms with Crippen LogP contribution in [0.25, 0.3) is 0 Å². The predicted octanol–water partition coefficient (Wildman–Crippen LogP) is 1.90. The van der Waals surface area contributed by atoms with E-state index in [2.05, 4.69) is 20.9 Å². The lowest BCUT2D eigenvalue weighted by Gasteiger charge is -2.14. The van der Waals surface area contributed by atoms with Crippen LogP contribution in [0.1, 0.15) is 11.1 Å². The van der Waals surface area contributed by atoms with Gasteiger partial charge < -0.3 is 16.0 Å². The Morgan fingerprint density at radius 2 is 1.83 bits per heavy atom. The third kappa shape index (κ3) is 3.22. The van der Waals surface area contributed by atoms with Crippen molar-refractivity contribution in [2.75, 3.05) is 12.4 Å². The number of rotatable bonds is 2. The van der Waals surface area contributed by atoms with Gasteiger partial charge in [-0.2, -0.15) is 0 Å². The highest BCUT2D eigenvalue weighted by molar-refractivity contribution is 7.80. The van der Waals surface area contributed by atoms with Gasteiger partial charge >= 0.3 is 0 Å². The van der Waals surface area contributed by atoms with Crippen LogP contribution in [0, 0.1) is 0 Å². The first-order valence-electron chi connectivity index (χ1n) is 7.21. The molecule has 1 heterocycles. The predicted molar refractivity (Wildman–Crippen MR) is 95.7 cm³/mol. The van der Waals surface area contributed by atoms with Gasteiger partial charge in [0, 0.05) is 18.2 Å². The number of carbonyl (C=O) groups excluding carboxylic acids is 1. The number of fused-ring (bicyclic) bond motifs is 1. The molecule has 0 bridgehead atoms. The zero-order valence-corrected chi connectivity index (χ0v) is 13.4. The van der Waals surface area contributed by atoms with E-state index in [-0.39, 0.29) is 5.91 Å². The van der Waals surface area contributed by atoms with Crippen molar-refractivity contribution in [2.45, 2.75) is 6.17 Å². The second-order valence-electron chi connectivity index (χ2n) is 5.00. The number of benzene rings is 2. The van der Waals surface area contributed by atoms with Crippen molar-refractivity contribution >= 4 is 34.6 Å². The molecule has 0 spiro atoms. The maximum atomic E-state index is 12.4. The molecule has 0 saturated carbocycles. The molecule has 3 rings (SSSR count). The topological polar surface area (TPSA) is 65.5 Å². The van der Waals surface area contributed by atoms with Crippen molar-refractivity contribution in [3.8, 4) is 0 Å². The van der Waals surface area contributed by atoms with E-state index >= 15 is 0 Å². The molecule has 6 heteroatoms. The van der Waals surface area contributed by atoms with E-state index < -0.39 is 6.17 Å². The fourth-order valence-corrected chi connectivity index (χ4v) is 2.49. The summed E-state index contributed by atoms with van der Waals surface area (Å²) in [5, 5.41) is 8.98. The first-order valence-corrected chi connectivity index (χ1v) is 7.61. The van der Waals surface area contributed by atoms with Crippen molar-refractivity contribution in [2.24, 2.45) is 4.99 Å². The standard InChI is InChI=1S/C17H16N4OS/c1-18-17(23)21-15-16(22)19-13-10-6-5-9-12(13)14(20-15)11-7-3-2-4-8-11/h2-10,15H,1H3,(H,19,22)(H2,18,21,23). The fraction of sp³-hybridized carbons (Fsp3) is 0.118. The molecule has 1 aliphatic heterocycles. The molecular weight excluding hydrogens is 308 g/mol. The van der Waals surface area contributed by atoms with Crippen LogP contribution < -0.4 is 16.0 Å². The van der Waals surface area contributed by atoms with E-state index in [4.69, 9.17) is 12.2 Å². The van der Waals surface area contributed by atoms with Crippen LogP contribution in [0.2, 0.25) is 0 Å². The lowest BCUT2D eigenvalue weighted by molar-refractivity contribution is -0.117. The molecule has 0 saturated heterocycles. The second-order valence-corrected chi connectivity index (χ2v) is 5.41. The molecule has 1 unspecified atom stereocenters. The van der Waals surface area contributed by atoms with Gasteiger partial charge in [0.1, 0.15) is 0 Å². The number of hydrogen-bond donors (Lipinski definition) is 3. The van der Waals surface area contributed by atoms with Crippen LogP contribution in [0.4, 0.5) is 5.69 Å². The summed E-state index contributed by atoms with van der Waals surface area (Å²) >= 11 is 5.10. The molecule has 23 heavy (non-hydrogen) atoms. The quantitative estimate of drug-likeness (QED) is 0.738. The normalized spacial score (nSPS) is 16.5. The van der Waals surface area contributed by atoms with E-state index in [1.807, 2.05) is 54.6 Å². The number of para-hydroxylation sites is 1. The number of thiocarbonyl (C=S) groups is 1. The Bertz CT molecular complexity index is 773. The van der Waals surface area contributed by atoms with Gasteiger partial charge in [-0.05, 0) is 18.3 Å². The van der Waals surface area contributed by atoms with E-state index in [1.165, 1.54) is 0 Å². The number of nitrogens with zero attached hydrogens (tertiary/aromatic N) is 1. The Hall–Kier alpha value is -2.73. The van der Waals surface area contributed by atoms with Gasteiger partial charge in [-0.15, -0.1) is 0 Å². The number of carbonyl (C=O) groups is 1. The Morgan fingerprint density at radius 1 is 1.13 bits per heavy atom. The number of benzodiazepines with no additional fused rings is 1. The van der Waals surface area contributed by atoms with Gasteiger partial charge in [0.25, 0.3) is 5.91 Å². The van der Waals surface area contributed by atoms with Gasteiger partial charge in [0.15, 0.2) is 5.11 Å². The van der Waals surface area contributed by atoms with Crippen molar-refractivity contribution in [3.05, 3.63) is 65.7 Å². The smallest absolute Gasteiger partial charge is 0.269 e. The fourth-order valence-electron chi connectivity index (χ4n) is 2.38. The van der Waals surface area contributed by atoms with E-state index in [0.717, 1.165) is 22.5 Å². The van der Waals surface area contributed by atoms with Gasteiger partial charge in [0.2, 0.25) is 6.17 Å². The zero-order valence-electron chi connectivity index (χ0n) is 12.5. The second kappa shape index (κ2) is 6.58. The Morgan fingerprint density at radius 3 is 2.57 bits per heavy atom. The average molecular weight is 324 g/mol. The summed E-state index contributed by atoms with van der Waals surface area (Å²) in [5.74, 6) is -0.249. The van der Waals surface area contributed by atoms with Crippen molar-refractivity contribution in [1.29, 1.82) is 0 Å². The van der Waals surface area contributed by atoms with Gasteiger partial charge in [-0.1, -0.05) is 48.5 Å². The summed E-state index contributed by atoms with van der Waals surface area (Å²) in [7, 11) is 1.69. The summed E-state index contributed by atoms with van der Waals surface area (Å²) in [6.45, 7) is 0. The summed E-state index contributed by atoms with van der Waals surface area (Å²) in [6.07, 6.45) is -0.794. The molecule has 0 aliphatic carbocycles. The summed E-state index contributed by atoms with van der Waals surface area (Å²) in [4.78, 5) is 17.1. The van der Waals surface area contributed by atoms with Crippen molar-refractivity contribution in [3.63, 3.8) is 0 Å². The number of hydrogen-bond acceptors (Lipinski definition) is 3. The largest absolute Gasteiger partial charge is 0.366 e. The maximum absolute atomic E-state index is 12.4. The first-order chi connectivity index (χ1) is 11.2. The van der Waals surface area contributed by atoms with Crippen molar-refractivity contribution < 1.29 is 4.79 Å². The van der Waals surface area contributed by atoms with Crippen LogP contribution >= 0.6 is 12.2 Å². The Balaban J connectivity index is 2.11. The van der Waals surface area contributed by atoms with E-state index in [1.54, 1.807) is 7.05 Å². The molecular formula is C17H16N4OS. The van der Waals surface area contributed by atoms with Crippen LogP contribution in [0.3, 0.4) is 0 Å². The SMILES string of the molecule is CNC(=S)NC1N=C(c2ccccc2)c2ccccc2NC1=O. The van der Waals surface area contributed by atoms with E-state index in [9.17, 15) is 4.79 Å². The first kappa shape index (κ1) is 15.2. The molecule has 1 aliphatic rings. The van der Waals surface area contributed by atoms with Crippen molar-refractivity contribution in [1.82, 2.24) is 10.6 Å². The lowest BCUT2D eigenvalue weighted by atomic mass is 10.0. The highest BCUT2D eigenvalue weighted by atomic mass is 32.1.